The molecule has 1 aromatic rings. The van der Waals surface area contributed by atoms with Crippen molar-refractivity contribution in [2.45, 2.75) is 31.7 Å². The lowest BCUT2D eigenvalue weighted by atomic mass is 9.85. The van der Waals surface area contributed by atoms with E-state index in [9.17, 15) is 19.2 Å². The van der Waals surface area contributed by atoms with Gasteiger partial charge in [0, 0.05) is 25.2 Å². The molecule has 152 valence electrons. The Morgan fingerprint density at radius 1 is 0.966 bits per heavy atom. The van der Waals surface area contributed by atoms with Gasteiger partial charge in [-0.05, 0) is 61.8 Å². The second-order valence-electron chi connectivity index (χ2n) is 8.58. The average Bonchev–Trinajstić information content (AvgIpc) is 3.10. The van der Waals surface area contributed by atoms with E-state index in [2.05, 4.69) is 10.2 Å². The van der Waals surface area contributed by atoms with Crippen LogP contribution in [0.1, 0.15) is 46.4 Å². The molecule has 0 radical (unpaired) electrons. The van der Waals surface area contributed by atoms with Gasteiger partial charge in [-0.2, -0.15) is 0 Å². The zero-order valence-electron chi connectivity index (χ0n) is 16.1. The predicted octanol–water partition coefficient (Wildman–Crippen LogP) is 0.509. The number of carbonyl (C=O) groups is 4. The molecule has 3 heterocycles. The fourth-order valence-corrected chi connectivity index (χ4v) is 5.59. The summed E-state index contributed by atoms with van der Waals surface area (Å²) in [7, 11) is 0. The van der Waals surface area contributed by atoms with Crippen LogP contribution in [0, 0.1) is 17.8 Å². The zero-order chi connectivity index (χ0) is 20.3. The van der Waals surface area contributed by atoms with Crippen LogP contribution >= 0.6 is 0 Å². The molecule has 3 atom stereocenters. The molecule has 8 nitrogen and oxygen atoms in total. The second kappa shape index (κ2) is 6.66. The highest BCUT2D eigenvalue weighted by molar-refractivity contribution is 6.23. The zero-order valence-corrected chi connectivity index (χ0v) is 16.1. The van der Waals surface area contributed by atoms with Crippen LogP contribution in [0.4, 0.5) is 5.69 Å². The van der Waals surface area contributed by atoms with Crippen LogP contribution in [-0.4, -0.2) is 54.2 Å². The first-order valence-electron chi connectivity index (χ1n) is 10.3. The molecule has 8 heteroatoms. The summed E-state index contributed by atoms with van der Waals surface area (Å²) in [4.78, 5) is 52.7. The molecular weight excluding hydrogens is 372 g/mol. The topological polar surface area (TPSA) is 113 Å². The van der Waals surface area contributed by atoms with Crippen molar-refractivity contribution in [2.75, 3.05) is 24.5 Å². The maximum atomic E-state index is 13.0. The number of hydrogen-bond donors (Lipinski definition) is 2. The molecule has 3 N–H and O–H groups in total. The van der Waals surface area contributed by atoms with Gasteiger partial charge >= 0.3 is 0 Å². The minimum Gasteiger partial charge on any atom is -0.371 e. The number of nitrogens with two attached hydrogens (primary N) is 1. The third-order valence-electron chi connectivity index (χ3n) is 7.09. The van der Waals surface area contributed by atoms with Crippen molar-refractivity contribution >= 4 is 29.3 Å². The number of benzene rings is 1. The van der Waals surface area contributed by atoms with Crippen molar-refractivity contribution in [1.82, 2.24) is 10.2 Å². The summed E-state index contributed by atoms with van der Waals surface area (Å²) in [6.45, 7) is 2.55. The Morgan fingerprint density at radius 3 is 2.31 bits per heavy atom. The van der Waals surface area contributed by atoms with Crippen LogP contribution in [0.2, 0.25) is 0 Å². The normalized spacial score (nSPS) is 31.3. The number of amides is 4. The Kier molecular flexibility index (Phi) is 4.20. The number of imide groups is 2. The van der Waals surface area contributed by atoms with E-state index in [1.807, 2.05) is 6.07 Å². The minimum atomic E-state index is -0.931. The molecule has 1 saturated carbocycles. The van der Waals surface area contributed by atoms with E-state index in [0.717, 1.165) is 30.2 Å². The highest BCUT2D eigenvalue weighted by Gasteiger charge is 2.45. The molecule has 1 aliphatic carbocycles. The number of anilines is 1. The lowest BCUT2D eigenvalue weighted by Crippen LogP contribution is -2.54. The fourth-order valence-electron chi connectivity index (χ4n) is 5.59. The molecule has 1 aromatic carbocycles. The van der Waals surface area contributed by atoms with E-state index in [-0.39, 0.29) is 18.7 Å². The summed E-state index contributed by atoms with van der Waals surface area (Å²) >= 11 is 0. The summed E-state index contributed by atoms with van der Waals surface area (Å²) in [5.74, 6) is -0.160. The molecule has 4 aliphatic rings. The molecule has 3 fully saturated rings. The second-order valence-corrected chi connectivity index (χ2v) is 8.58. The largest absolute Gasteiger partial charge is 0.371 e. The predicted molar refractivity (Wildman–Crippen MR) is 104 cm³/mol. The highest BCUT2D eigenvalue weighted by atomic mass is 16.2. The molecule has 2 bridgehead atoms. The smallest absolute Gasteiger partial charge is 0.262 e. The van der Waals surface area contributed by atoms with Crippen molar-refractivity contribution in [3.05, 3.63) is 29.3 Å². The van der Waals surface area contributed by atoms with Gasteiger partial charge in [0.05, 0.1) is 11.1 Å². The number of piperidine rings is 2. The van der Waals surface area contributed by atoms with Crippen molar-refractivity contribution < 1.29 is 19.2 Å². The monoisotopic (exact) mass is 396 g/mol. The molecule has 0 spiro atoms. The van der Waals surface area contributed by atoms with E-state index >= 15 is 0 Å². The van der Waals surface area contributed by atoms with Crippen LogP contribution in [0.15, 0.2) is 18.2 Å². The molecule has 3 aliphatic heterocycles. The molecule has 4 amide bonds. The van der Waals surface area contributed by atoms with Crippen LogP contribution in [0.5, 0.6) is 0 Å². The average molecular weight is 396 g/mol. The van der Waals surface area contributed by atoms with Crippen molar-refractivity contribution in [2.24, 2.45) is 23.5 Å². The van der Waals surface area contributed by atoms with Gasteiger partial charge in [0.1, 0.15) is 6.04 Å². The van der Waals surface area contributed by atoms with Gasteiger partial charge < -0.3 is 10.6 Å². The quantitative estimate of drug-likeness (QED) is 0.720. The number of nitrogens with zero attached hydrogens (tertiary/aromatic N) is 2. The lowest BCUT2D eigenvalue weighted by molar-refractivity contribution is -0.136. The SMILES string of the molecule is NCC1C2CCC1CN(c1ccc3c(c1)C(=O)N(C1CCC(=O)NC1=O)C3=O)C2. The molecule has 2 saturated heterocycles. The maximum Gasteiger partial charge on any atom is 0.262 e. The van der Waals surface area contributed by atoms with Gasteiger partial charge in [-0.25, -0.2) is 0 Å². The Bertz CT molecular complexity index is 915. The first-order valence-corrected chi connectivity index (χ1v) is 10.3. The molecular formula is C21H24N4O4. The van der Waals surface area contributed by atoms with Crippen molar-refractivity contribution in [1.29, 1.82) is 0 Å². The summed E-state index contributed by atoms with van der Waals surface area (Å²) < 4.78 is 0. The molecule has 0 aromatic heterocycles. The maximum absolute atomic E-state index is 13.0. The molecule has 29 heavy (non-hydrogen) atoms. The van der Waals surface area contributed by atoms with Crippen LogP contribution < -0.4 is 16.0 Å². The van der Waals surface area contributed by atoms with Gasteiger partial charge in [0.25, 0.3) is 11.8 Å². The van der Waals surface area contributed by atoms with Crippen LogP contribution in [0.25, 0.3) is 0 Å². The first-order chi connectivity index (χ1) is 14.0. The number of fused-ring (bicyclic) bond motifs is 3. The Balaban J connectivity index is 1.40. The number of carbonyl (C=O) groups excluding carboxylic acids is 4. The summed E-state index contributed by atoms with van der Waals surface area (Å²) in [5, 5.41) is 2.22. The minimum absolute atomic E-state index is 0.119. The number of hydrogen-bond acceptors (Lipinski definition) is 6. The van der Waals surface area contributed by atoms with Gasteiger partial charge in [0.15, 0.2) is 0 Å². The standard InChI is InChI=1S/C21H24N4O4/c22-8-16-11-1-2-12(16)10-24(9-11)13-3-4-14-15(7-13)21(29)25(20(14)28)17-5-6-18(26)23-19(17)27/h3-4,7,11-12,16-17H,1-2,5-6,8-10,22H2,(H,23,26,27). The van der Waals surface area contributed by atoms with E-state index in [1.165, 1.54) is 12.8 Å². The molecule has 5 rings (SSSR count). The van der Waals surface area contributed by atoms with E-state index in [1.54, 1.807) is 12.1 Å². The highest BCUT2D eigenvalue weighted by Crippen LogP contribution is 2.43. The number of rotatable bonds is 3. The summed E-state index contributed by atoms with van der Waals surface area (Å²) in [6.07, 6.45) is 2.66. The molecule has 3 unspecified atom stereocenters. The van der Waals surface area contributed by atoms with Crippen LogP contribution in [0.3, 0.4) is 0 Å². The third kappa shape index (κ3) is 2.77. The summed E-state index contributed by atoms with van der Waals surface area (Å²) in [5.41, 5.74) is 7.56. The Morgan fingerprint density at radius 2 is 1.66 bits per heavy atom. The first kappa shape index (κ1) is 18.3. The van der Waals surface area contributed by atoms with E-state index < -0.39 is 23.8 Å². The van der Waals surface area contributed by atoms with Crippen molar-refractivity contribution in [3.8, 4) is 0 Å². The number of nitrogens with one attached hydrogen (secondary N) is 1. The van der Waals surface area contributed by atoms with Crippen LogP contribution in [-0.2, 0) is 9.59 Å². The van der Waals surface area contributed by atoms with Gasteiger partial charge in [0.2, 0.25) is 11.8 Å². The Hall–Kier alpha value is -2.74. The van der Waals surface area contributed by atoms with E-state index in [4.69, 9.17) is 5.73 Å². The van der Waals surface area contributed by atoms with E-state index in [0.29, 0.717) is 28.9 Å². The third-order valence-corrected chi connectivity index (χ3v) is 7.09. The van der Waals surface area contributed by atoms with Gasteiger partial charge in [-0.3, -0.25) is 29.4 Å². The van der Waals surface area contributed by atoms with Crippen molar-refractivity contribution in [3.63, 3.8) is 0 Å². The summed E-state index contributed by atoms with van der Waals surface area (Å²) in [6, 6.07) is 4.43. The Labute approximate surface area is 168 Å². The van der Waals surface area contributed by atoms with Gasteiger partial charge in [-0.15, -0.1) is 0 Å². The van der Waals surface area contributed by atoms with Gasteiger partial charge in [-0.1, -0.05) is 0 Å². The lowest BCUT2D eigenvalue weighted by Gasteiger charge is -2.39. The fraction of sp³-hybridized carbons (Fsp3) is 0.524.